The zero-order chi connectivity index (χ0) is 22.9. The summed E-state index contributed by atoms with van der Waals surface area (Å²) >= 11 is 0. The van der Waals surface area contributed by atoms with Gasteiger partial charge in [-0.2, -0.15) is 0 Å². The number of phenolic OH excluding ortho intramolecular Hbond substituents is 4. The lowest BCUT2D eigenvalue weighted by molar-refractivity contribution is 0.0839. The van der Waals surface area contributed by atoms with Gasteiger partial charge in [0.2, 0.25) is 0 Å². The first kappa shape index (κ1) is 22.3. The van der Waals surface area contributed by atoms with Crippen molar-refractivity contribution in [2.45, 2.75) is 46.6 Å². The van der Waals surface area contributed by atoms with Crippen LogP contribution in [0.15, 0.2) is 35.9 Å². The van der Waals surface area contributed by atoms with E-state index in [1.807, 2.05) is 39.8 Å². The van der Waals surface area contributed by atoms with Crippen LogP contribution in [0.1, 0.15) is 67.3 Å². The van der Waals surface area contributed by atoms with Gasteiger partial charge in [-0.05, 0) is 38.3 Å². The van der Waals surface area contributed by atoms with Crippen molar-refractivity contribution in [3.05, 3.63) is 58.2 Å². The number of ether oxygens (including phenoxy) is 1. The highest BCUT2D eigenvalue weighted by Gasteiger charge is 2.36. The molecular formula is C25H28O6. The molecule has 0 spiro atoms. The second-order valence-electron chi connectivity index (χ2n) is 8.36. The molecule has 1 aliphatic heterocycles. The Bertz CT molecular complexity index is 1070. The third kappa shape index (κ3) is 4.53. The fourth-order valence-corrected chi connectivity index (χ4v) is 3.54. The molecular weight excluding hydrogens is 396 g/mol. The fraction of sp³-hybridized carbons (Fsp3) is 0.320. The number of Topliss-reactive ketones (excluding diaryl/α,β-unsaturated/α-hetero) is 1. The molecule has 6 nitrogen and oxygen atoms in total. The number of hydrogen-bond donors (Lipinski definition) is 4. The zero-order valence-corrected chi connectivity index (χ0v) is 18.1. The highest BCUT2D eigenvalue weighted by atomic mass is 16.5. The van der Waals surface area contributed by atoms with E-state index < -0.39 is 6.10 Å². The lowest BCUT2D eigenvalue weighted by atomic mass is 9.89. The molecule has 0 fully saturated rings. The molecule has 6 heteroatoms. The molecule has 1 atom stereocenters. The van der Waals surface area contributed by atoms with Crippen LogP contribution in [0.25, 0.3) is 6.08 Å². The molecule has 0 aliphatic carbocycles. The van der Waals surface area contributed by atoms with Crippen LogP contribution in [-0.2, 0) is 6.42 Å². The molecule has 0 amide bonds. The average molecular weight is 424 g/mol. The van der Waals surface area contributed by atoms with E-state index in [9.17, 15) is 25.2 Å². The molecule has 0 saturated heterocycles. The van der Waals surface area contributed by atoms with Crippen LogP contribution in [0.3, 0.4) is 0 Å². The van der Waals surface area contributed by atoms with Gasteiger partial charge in [-0.1, -0.05) is 37.6 Å². The highest BCUT2D eigenvalue weighted by Crippen LogP contribution is 2.49. The second-order valence-corrected chi connectivity index (χ2v) is 8.36. The summed E-state index contributed by atoms with van der Waals surface area (Å²) in [5, 5.41) is 41.6. The molecule has 3 rings (SSSR count). The zero-order valence-electron chi connectivity index (χ0n) is 18.1. The molecule has 2 aromatic rings. The molecule has 0 bridgehead atoms. The van der Waals surface area contributed by atoms with Gasteiger partial charge in [-0.15, -0.1) is 0 Å². The first-order chi connectivity index (χ1) is 14.6. The minimum absolute atomic E-state index is 0.0351. The number of benzene rings is 2. The maximum atomic E-state index is 13.1. The molecule has 1 aliphatic rings. The van der Waals surface area contributed by atoms with Crippen LogP contribution in [-0.4, -0.2) is 26.2 Å². The number of hydrogen-bond acceptors (Lipinski definition) is 6. The summed E-state index contributed by atoms with van der Waals surface area (Å²) in [4.78, 5) is 13.1. The van der Waals surface area contributed by atoms with E-state index in [0.717, 1.165) is 5.57 Å². The number of carbonyl (C=O) groups excluding carboxylic acids is 1. The van der Waals surface area contributed by atoms with Gasteiger partial charge in [0.1, 0.15) is 40.4 Å². The molecule has 0 saturated carbocycles. The van der Waals surface area contributed by atoms with E-state index in [0.29, 0.717) is 17.5 Å². The van der Waals surface area contributed by atoms with Gasteiger partial charge in [0, 0.05) is 17.2 Å². The number of rotatable bonds is 5. The third-order valence-electron chi connectivity index (χ3n) is 5.17. The predicted octanol–water partition coefficient (Wildman–Crippen LogP) is 5.39. The Labute approximate surface area is 181 Å². The summed E-state index contributed by atoms with van der Waals surface area (Å²) in [6, 6.07) is 4.07. The van der Waals surface area contributed by atoms with E-state index >= 15 is 0 Å². The molecule has 1 heterocycles. The Kier molecular flexibility index (Phi) is 6.29. The van der Waals surface area contributed by atoms with Crippen LogP contribution in [0.4, 0.5) is 0 Å². The first-order valence-electron chi connectivity index (χ1n) is 10.2. The lowest BCUT2D eigenvalue weighted by Crippen LogP contribution is -2.22. The molecule has 164 valence electrons. The van der Waals surface area contributed by atoms with Gasteiger partial charge in [0.15, 0.2) is 5.78 Å². The largest absolute Gasteiger partial charge is 0.508 e. The van der Waals surface area contributed by atoms with Crippen molar-refractivity contribution >= 4 is 11.9 Å². The van der Waals surface area contributed by atoms with Crippen LogP contribution in [0.2, 0.25) is 0 Å². The third-order valence-corrected chi connectivity index (χ3v) is 5.17. The van der Waals surface area contributed by atoms with Crippen LogP contribution in [0, 0.1) is 5.92 Å². The van der Waals surface area contributed by atoms with Gasteiger partial charge in [-0.3, -0.25) is 4.79 Å². The van der Waals surface area contributed by atoms with E-state index in [1.165, 1.54) is 18.2 Å². The summed E-state index contributed by atoms with van der Waals surface area (Å²) < 4.78 is 6.08. The van der Waals surface area contributed by atoms with E-state index in [-0.39, 0.29) is 58.0 Å². The van der Waals surface area contributed by atoms with Crippen molar-refractivity contribution in [2.75, 3.05) is 0 Å². The Morgan fingerprint density at radius 1 is 1.16 bits per heavy atom. The van der Waals surface area contributed by atoms with Crippen molar-refractivity contribution in [3.63, 3.8) is 0 Å². The van der Waals surface area contributed by atoms with Gasteiger partial charge < -0.3 is 25.2 Å². The maximum absolute atomic E-state index is 13.1. The number of ketones is 1. The summed E-state index contributed by atoms with van der Waals surface area (Å²) in [6.45, 7) is 7.78. The van der Waals surface area contributed by atoms with Gasteiger partial charge in [-0.25, -0.2) is 0 Å². The topological polar surface area (TPSA) is 107 Å². The molecule has 0 radical (unpaired) electrons. The Morgan fingerprint density at radius 2 is 1.87 bits per heavy atom. The van der Waals surface area contributed by atoms with Crippen molar-refractivity contribution in [1.29, 1.82) is 0 Å². The van der Waals surface area contributed by atoms with E-state index in [2.05, 4.69) is 0 Å². The summed E-state index contributed by atoms with van der Waals surface area (Å²) in [7, 11) is 0. The number of carbonyl (C=O) groups is 1. The van der Waals surface area contributed by atoms with Gasteiger partial charge in [0.05, 0.1) is 12.0 Å². The van der Waals surface area contributed by atoms with Crippen LogP contribution < -0.4 is 4.74 Å². The van der Waals surface area contributed by atoms with Crippen molar-refractivity contribution in [1.82, 2.24) is 0 Å². The maximum Gasteiger partial charge on any atom is 0.174 e. The monoisotopic (exact) mass is 424 g/mol. The van der Waals surface area contributed by atoms with Crippen molar-refractivity contribution < 1.29 is 30.0 Å². The minimum atomic E-state index is -0.818. The van der Waals surface area contributed by atoms with Crippen molar-refractivity contribution in [2.24, 2.45) is 5.92 Å². The number of fused-ring (bicyclic) bond motifs is 1. The van der Waals surface area contributed by atoms with E-state index in [1.54, 1.807) is 6.08 Å². The fourth-order valence-electron chi connectivity index (χ4n) is 3.54. The van der Waals surface area contributed by atoms with Gasteiger partial charge >= 0.3 is 0 Å². The lowest BCUT2D eigenvalue weighted by Gasteiger charge is -2.29. The van der Waals surface area contributed by atoms with Gasteiger partial charge in [0.25, 0.3) is 0 Å². The Morgan fingerprint density at radius 3 is 2.48 bits per heavy atom. The average Bonchev–Trinajstić information content (AvgIpc) is 2.66. The molecule has 2 aromatic carbocycles. The SMILES string of the molecule is CC(C)=CCc1c(O)c(/C=C/C(C)C)c(O)c2c1O[C@H](c1ccc(O)cc1O)CC2=O. The van der Waals surface area contributed by atoms with Crippen LogP contribution >= 0.6 is 0 Å². The highest BCUT2D eigenvalue weighted by molar-refractivity contribution is 6.04. The Balaban J connectivity index is 2.19. The second kappa shape index (κ2) is 8.76. The summed E-state index contributed by atoms with van der Waals surface area (Å²) in [5.41, 5.74) is 1.98. The normalized spacial score (nSPS) is 15.8. The summed E-state index contributed by atoms with van der Waals surface area (Å²) in [6.07, 6.45) is 4.74. The van der Waals surface area contributed by atoms with E-state index in [4.69, 9.17) is 4.74 Å². The van der Waals surface area contributed by atoms with Crippen LogP contribution in [0.5, 0.6) is 28.7 Å². The molecule has 0 aromatic heterocycles. The smallest absolute Gasteiger partial charge is 0.174 e. The number of allylic oxidation sites excluding steroid dienone is 3. The molecule has 4 N–H and O–H groups in total. The number of phenols is 4. The molecule has 0 unspecified atom stereocenters. The number of aromatic hydroxyl groups is 4. The molecule has 31 heavy (non-hydrogen) atoms. The quantitative estimate of drug-likeness (QED) is 0.479. The standard InChI is InChI=1S/C25H28O6/c1-13(2)5-8-17-23(29)18(9-6-14(3)4)25-22(24(17)30)20(28)12-21(31-25)16-10-7-15(26)11-19(16)27/h5-8,10-11,13,21,26-27,29-30H,9,12H2,1-4H3/b8-5+/t21-/m0/s1. The predicted molar refractivity (Wildman–Crippen MR) is 119 cm³/mol. The van der Waals surface area contributed by atoms with Crippen molar-refractivity contribution in [3.8, 4) is 28.7 Å². The minimum Gasteiger partial charge on any atom is -0.508 e. The first-order valence-corrected chi connectivity index (χ1v) is 10.2. The summed E-state index contributed by atoms with van der Waals surface area (Å²) in [5.74, 6) is -0.818. The Hall–Kier alpha value is -3.41.